The van der Waals surface area contributed by atoms with Gasteiger partial charge in [-0.3, -0.25) is 0 Å². The Morgan fingerprint density at radius 1 is 1.39 bits per heavy atom. The monoisotopic (exact) mass is 275 g/mol. The quantitative estimate of drug-likeness (QED) is 0.826. The molecule has 2 rings (SSSR count). The standard InChI is InChI=1S/C11H14FNO4S/c12-9-1-3-10(4-2-9)18(15,16)13-7-11(14)5-6-17-8-11/h1-4,13-14H,5-8H2. The largest absolute Gasteiger partial charge is 0.386 e. The fourth-order valence-electron chi connectivity index (χ4n) is 1.66. The molecule has 1 atom stereocenters. The van der Waals surface area contributed by atoms with Crippen LogP contribution in [0.3, 0.4) is 0 Å². The Bertz CT molecular complexity index is 508. The Morgan fingerprint density at radius 3 is 2.61 bits per heavy atom. The van der Waals surface area contributed by atoms with Crippen molar-refractivity contribution >= 4 is 10.0 Å². The minimum absolute atomic E-state index is 0.0357. The molecule has 1 aromatic carbocycles. The van der Waals surface area contributed by atoms with Crippen LogP contribution in [0.1, 0.15) is 6.42 Å². The summed E-state index contributed by atoms with van der Waals surface area (Å²) in [6.45, 7) is 0.403. The number of nitrogens with one attached hydrogen (secondary N) is 1. The van der Waals surface area contributed by atoms with Crippen LogP contribution < -0.4 is 4.72 Å². The van der Waals surface area contributed by atoms with Crippen LogP contribution >= 0.6 is 0 Å². The highest BCUT2D eigenvalue weighted by molar-refractivity contribution is 7.89. The zero-order chi connectivity index (χ0) is 13.2. The Balaban J connectivity index is 2.05. The molecule has 0 radical (unpaired) electrons. The molecule has 0 saturated carbocycles. The van der Waals surface area contributed by atoms with E-state index in [1.54, 1.807) is 0 Å². The van der Waals surface area contributed by atoms with Gasteiger partial charge in [0.1, 0.15) is 11.4 Å². The minimum Gasteiger partial charge on any atom is -0.386 e. The van der Waals surface area contributed by atoms with Crippen LogP contribution in [0.4, 0.5) is 4.39 Å². The maximum Gasteiger partial charge on any atom is 0.240 e. The van der Waals surface area contributed by atoms with Gasteiger partial charge in [0.2, 0.25) is 10.0 Å². The van der Waals surface area contributed by atoms with E-state index >= 15 is 0 Å². The first-order valence-corrected chi connectivity index (χ1v) is 6.95. The van der Waals surface area contributed by atoms with Crippen LogP contribution in [0.5, 0.6) is 0 Å². The van der Waals surface area contributed by atoms with Crippen molar-refractivity contribution in [3.63, 3.8) is 0 Å². The van der Waals surface area contributed by atoms with Crippen LogP contribution in [-0.4, -0.2) is 38.9 Å². The third kappa shape index (κ3) is 3.05. The highest BCUT2D eigenvalue weighted by Crippen LogP contribution is 2.18. The molecule has 5 nitrogen and oxygen atoms in total. The van der Waals surface area contributed by atoms with E-state index in [0.717, 1.165) is 12.1 Å². The van der Waals surface area contributed by atoms with Crippen molar-refractivity contribution < 1.29 is 22.7 Å². The smallest absolute Gasteiger partial charge is 0.240 e. The van der Waals surface area contributed by atoms with E-state index in [1.165, 1.54) is 12.1 Å². The molecular weight excluding hydrogens is 261 g/mol. The third-order valence-electron chi connectivity index (χ3n) is 2.80. The van der Waals surface area contributed by atoms with Crippen LogP contribution in [-0.2, 0) is 14.8 Å². The highest BCUT2D eigenvalue weighted by atomic mass is 32.2. The topological polar surface area (TPSA) is 75.6 Å². The van der Waals surface area contributed by atoms with Gasteiger partial charge in [0, 0.05) is 19.6 Å². The first kappa shape index (κ1) is 13.4. The normalized spacial score (nSPS) is 24.3. The van der Waals surface area contributed by atoms with Gasteiger partial charge in [-0.25, -0.2) is 17.5 Å². The van der Waals surface area contributed by atoms with Crippen molar-refractivity contribution in [3.05, 3.63) is 30.1 Å². The Morgan fingerprint density at radius 2 is 2.06 bits per heavy atom. The number of halogens is 1. The first-order chi connectivity index (χ1) is 8.41. The summed E-state index contributed by atoms with van der Waals surface area (Å²) in [4.78, 5) is -0.0357. The van der Waals surface area contributed by atoms with Gasteiger partial charge in [0.15, 0.2) is 0 Å². The van der Waals surface area contributed by atoms with Gasteiger partial charge in [-0.15, -0.1) is 0 Å². The van der Waals surface area contributed by atoms with Gasteiger partial charge in [0.05, 0.1) is 11.5 Å². The number of aliphatic hydroxyl groups is 1. The number of benzene rings is 1. The molecule has 0 aliphatic carbocycles. The third-order valence-corrected chi connectivity index (χ3v) is 4.21. The van der Waals surface area contributed by atoms with Crippen LogP contribution in [0.2, 0.25) is 0 Å². The van der Waals surface area contributed by atoms with E-state index < -0.39 is 21.4 Å². The lowest BCUT2D eigenvalue weighted by Gasteiger charge is -2.20. The second-order valence-electron chi connectivity index (χ2n) is 4.31. The lowest BCUT2D eigenvalue weighted by molar-refractivity contribution is 0.0314. The lowest BCUT2D eigenvalue weighted by Crippen LogP contribution is -2.43. The van der Waals surface area contributed by atoms with Gasteiger partial charge in [-0.2, -0.15) is 0 Å². The second-order valence-corrected chi connectivity index (χ2v) is 6.07. The average Bonchev–Trinajstić information content (AvgIpc) is 2.75. The molecule has 0 spiro atoms. The summed E-state index contributed by atoms with van der Waals surface area (Å²) in [6.07, 6.45) is 0.388. The van der Waals surface area contributed by atoms with Crippen molar-refractivity contribution in [2.45, 2.75) is 16.9 Å². The molecule has 0 aromatic heterocycles. The van der Waals surface area contributed by atoms with Crippen molar-refractivity contribution in [1.82, 2.24) is 4.72 Å². The lowest BCUT2D eigenvalue weighted by atomic mass is 10.1. The number of rotatable bonds is 4. The predicted molar refractivity (Wildman–Crippen MR) is 62.0 cm³/mol. The molecule has 7 heteroatoms. The molecule has 0 amide bonds. The Hall–Kier alpha value is -1.02. The van der Waals surface area contributed by atoms with Gasteiger partial charge in [-0.1, -0.05) is 0 Å². The highest BCUT2D eigenvalue weighted by Gasteiger charge is 2.33. The van der Waals surface area contributed by atoms with E-state index in [-0.39, 0.29) is 18.0 Å². The Kier molecular flexibility index (Phi) is 3.67. The molecule has 1 saturated heterocycles. The van der Waals surface area contributed by atoms with Gasteiger partial charge < -0.3 is 9.84 Å². The van der Waals surface area contributed by atoms with Crippen molar-refractivity contribution in [2.24, 2.45) is 0 Å². The summed E-state index contributed by atoms with van der Waals surface area (Å²) >= 11 is 0. The second kappa shape index (κ2) is 4.93. The van der Waals surface area contributed by atoms with E-state index in [9.17, 15) is 17.9 Å². The van der Waals surface area contributed by atoms with Crippen molar-refractivity contribution in [1.29, 1.82) is 0 Å². The molecule has 1 aliphatic heterocycles. The van der Waals surface area contributed by atoms with Crippen LogP contribution in [0, 0.1) is 5.82 Å². The van der Waals surface area contributed by atoms with Crippen molar-refractivity contribution in [3.8, 4) is 0 Å². The summed E-state index contributed by atoms with van der Waals surface area (Å²) in [7, 11) is -3.73. The minimum atomic E-state index is -3.73. The molecule has 1 aliphatic rings. The summed E-state index contributed by atoms with van der Waals surface area (Å²) < 4.78 is 43.7. The number of hydrogen-bond donors (Lipinski definition) is 2. The molecule has 2 N–H and O–H groups in total. The maximum absolute atomic E-state index is 12.7. The molecule has 18 heavy (non-hydrogen) atoms. The zero-order valence-electron chi connectivity index (χ0n) is 9.60. The maximum atomic E-state index is 12.7. The zero-order valence-corrected chi connectivity index (χ0v) is 10.4. The van der Waals surface area contributed by atoms with Crippen LogP contribution in [0.25, 0.3) is 0 Å². The summed E-state index contributed by atoms with van der Waals surface area (Å²) in [5.41, 5.74) is -1.16. The fourth-order valence-corrected chi connectivity index (χ4v) is 2.78. The molecular formula is C11H14FNO4S. The molecule has 1 unspecified atom stereocenters. The first-order valence-electron chi connectivity index (χ1n) is 5.47. The van der Waals surface area contributed by atoms with Crippen molar-refractivity contribution in [2.75, 3.05) is 19.8 Å². The Labute approximate surface area is 105 Å². The fraction of sp³-hybridized carbons (Fsp3) is 0.455. The summed E-state index contributed by atoms with van der Waals surface area (Å²) in [5.74, 6) is -0.503. The number of sulfonamides is 1. The molecule has 1 heterocycles. The summed E-state index contributed by atoms with van der Waals surface area (Å²) in [5, 5.41) is 9.93. The summed E-state index contributed by atoms with van der Waals surface area (Å²) in [6, 6.07) is 4.49. The molecule has 1 aromatic rings. The predicted octanol–water partition coefficient (Wildman–Crippen LogP) is 0.255. The number of hydrogen-bond acceptors (Lipinski definition) is 4. The molecule has 0 bridgehead atoms. The molecule has 1 fully saturated rings. The molecule has 100 valence electrons. The van der Waals surface area contributed by atoms with Gasteiger partial charge in [-0.05, 0) is 24.3 Å². The number of ether oxygens (including phenoxy) is 1. The van der Waals surface area contributed by atoms with E-state index in [0.29, 0.717) is 13.0 Å². The van der Waals surface area contributed by atoms with E-state index in [4.69, 9.17) is 4.74 Å². The average molecular weight is 275 g/mol. The van der Waals surface area contributed by atoms with E-state index in [2.05, 4.69) is 4.72 Å². The SMILES string of the molecule is O=S(=O)(NCC1(O)CCOC1)c1ccc(F)cc1. The van der Waals surface area contributed by atoms with Gasteiger partial charge in [0.25, 0.3) is 0 Å². The van der Waals surface area contributed by atoms with E-state index in [1.807, 2.05) is 0 Å². The van der Waals surface area contributed by atoms with Gasteiger partial charge >= 0.3 is 0 Å². The van der Waals surface area contributed by atoms with Crippen LogP contribution in [0.15, 0.2) is 29.2 Å².